The Labute approximate surface area is 199 Å². The third-order valence-electron chi connectivity index (χ3n) is 7.31. The topological polar surface area (TPSA) is 73.4 Å². The van der Waals surface area contributed by atoms with Gasteiger partial charge in [0.05, 0.1) is 11.3 Å². The van der Waals surface area contributed by atoms with Crippen LogP contribution in [0.5, 0.6) is 5.75 Å². The van der Waals surface area contributed by atoms with E-state index in [1.165, 1.54) is 11.1 Å². The summed E-state index contributed by atoms with van der Waals surface area (Å²) >= 11 is 0. The number of rotatable bonds is 5. The molecular weight excluding hydrogens is 428 g/mol. The highest BCUT2D eigenvalue weighted by atomic mass is 16.6. The Bertz CT molecular complexity index is 1280. The van der Waals surface area contributed by atoms with Crippen molar-refractivity contribution >= 4 is 11.3 Å². The molecule has 34 heavy (non-hydrogen) atoms. The molecule has 7 nitrogen and oxygen atoms in total. The number of aromatic nitrogens is 2. The zero-order valence-electron chi connectivity index (χ0n) is 20.2. The summed E-state index contributed by atoms with van der Waals surface area (Å²) in [6.07, 6.45) is 9.52. The van der Waals surface area contributed by atoms with Gasteiger partial charge >= 0.3 is 0 Å². The third-order valence-corrected chi connectivity index (χ3v) is 7.31. The number of nitro groups is 1. The fourth-order valence-corrected chi connectivity index (χ4v) is 5.39. The molecule has 2 aromatic carbocycles. The summed E-state index contributed by atoms with van der Waals surface area (Å²) in [5, 5.41) is 11.6. The van der Waals surface area contributed by atoms with Gasteiger partial charge in [-0.1, -0.05) is 18.2 Å². The Morgan fingerprint density at radius 3 is 2.53 bits per heavy atom. The lowest BCUT2D eigenvalue weighted by Crippen LogP contribution is -2.45. The maximum Gasteiger partial charge on any atom is 0.275 e. The van der Waals surface area contributed by atoms with Gasteiger partial charge < -0.3 is 9.30 Å². The van der Waals surface area contributed by atoms with E-state index in [9.17, 15) is 10.1 Å². The molecule has 7 heteroatoms. The summed E-state index contributed by atoms with van der Waals surface area (Å²) < 4.78 is 8.49. The monoisotopic (exact) mass is 458 g/mol. The Kier molecular flexibility index (Phi) is 5.52. The Balaban J connectivity index is 1.28. The van der Waals surface area contributed by atoms with Crippen LogP contribution in [0.4, 0.5) is 5.69 Å². The van der Waals surface area contributed by atoms with Crippen molar-refractivity contribution in [3.05, 3.63) is 87.0 Å². The normalized spacial score (nSPS) is 20.1. The molecule has 1 atom stereocenters. The van der Waals surface area contributed by atoms with Crippen molar-refractivity contribution in [1.82, 2.24) is 14.5 Å². The van der Waals surface area contributed by atoms with Crippen molar-refractivity contribution in [3.8, 4) is 11.4 Å². The first-order valence-corrected chi connectivity index (χ1v) is 11.7. The van der Waals surface area contributed by atoms with Gasteiger partial charge in [0.15, 0.2) is 0 Å². The molecule has 2 aliphatic rings. The van der Waals surface area contributed by atoms with E-state index in [1.54, 1.807) is 12.5 Å². The van der Waals surface area contributed by atoms with Crippen LogP contribution >= 0.6 is 0 Å². The highest BCUT2D eigenvalue weighted by molar-refractivity contribution is 5.67. The van der Waals surface area contributed by atoms with Crippen LogP contribution in [0.25, 0.3) is 11.3 Å². The first-order valence-electron chi connectivity index (χ1n) is 11.7. The Morgan fingerprint density at radius 2 is 1.91 bits per heavy atom. The molecule has 0 radical (unpaired) electrons. The second-order valence-corrected chi connectivity index (χ2v) is 9.75. The summed E-state index contributed by atoms with van der Waals surface area (Å²) in [4.78, 5) is 17.9. The molecule has 3 heterocycles. The quantitative estimate of drug-likeness (QED) is 0.389. The molecule has 3 aromatic rings. The molecule has 0 spiro atoms. The van der Waals surface area contributed by atoms with Crippen LogP contribution in [0.3, 0.4) is 0 Å². The van der Waals surface area contributed by atoms with Crippen molar-refractivity contribution in [2.24, 2.45) is 0 Å². The summed E-state index contributed by atoms with van der Waals surface area (Å²) in [5.74, 6) is 0.842. The van der Waals surface area contributed by atoms with Gasteiger partial charge in [0.25, 0.3) is 5.69 Å². The number of benzene rings is 2. The van der Waals surface area contributed by atoms with E-state index >= 15 is 0 Å². The first kappa shape index (κ1) is 22.3. The van der Waals surface area contributed by atoms with Crippen LogP contribution < -0.4 is 4.74 Å². The summed E-state index contributed by atoms with van der Waals surface area (Å²) in [5.41, 5.74) is 6.89. The molecule has 5 rings (SSSR count). The minimum absolute atomic E-state index is 0.230. The number of fused-ring (bicyclic) bond motifs is 1. The van der Waals surface area contributed by atoms with E-state index < -0.39 is 5.60 Å². The molecule has 1 unspecified atom stereocenters. The zero-order valence-corrected chi connectivity index (χ0v) is 20.2. The van der Waals surface area contributed by atoms with Gasteiger partial charge in [-0.25, -0.2) is 4.98 Å². The Hall–Kier alpha value is -3.45. The largest absolute Gasteiger partial charge is 0.485 e. The predicted octanol–water partition coefficient (Wildman–Crippen LogP) is 5.19. The van der Waals surface area contributed by atoms with Crippen LogP contribution in [0, 0.1) is 30.9 Å². The van der Waals surface area contributed by atoms with Crippen LogP contribution in [0.2, 0.25) is 0 Å². The molecule has 176 valence electrons. The van der Waals surface area contributed by atoms with E-state index in [0.717, 1.165) is 54.2 Å². The smallest absolute Gasteiger partial charge is 0.275 e. The molecule has 0 saturated heterocycles. The lowest BCUT2D eigenvalue weighted by molar-refractivity contribution is -0.386. The van der Waals surface area contributed by atoms with Gasteiger partial charge in [0.1, 0.15) is 11.4 Å². The van der Waals surface area contributed by atoms with Gasteiger partial charge in [-0.15, -0.1) is 0 Å². The van der Waals surface area contributed by atoms with Gasteiger partial charge in [-0.05, 0) is 57.4 Å². The number of nitro benzene ring substituents is 1. The fraction of sp³-hybridized carbons (Fsp3) is 0.370. The predicted molar refractivity (Wildman–Crippen MR) is 133 cm³/mol. The second-order valence-electron chi connectivity index (χ2n) is 9.75. The van der Waals surface area contributed by atoms with Crippen LogP contribution in [-0.2, 0) is 6.42 Å². The number of nitrogens with zero attached hydrogens (tertiary/aromatic N) is 4. The second kappa shape index (κ2) is 8.40. The summed E-state index contributed by atoms with van der Waals surface area (Å²) in [6, 6.07) is 8.60. The standard InChI is InChI=1S/C27H30N4O3/c1-18-19(2)26-24(20(3)25(18)31(32)33)15-27(4,34-26)16-29-12-9-22(10-13-29)21-5-7-23(8-6-21)30-14-11-28-17-30/h5-9,11,14,17H,10,12-13,15-16H2,1-4H3. The highest BCUT2D eigenvalue weighted by Crippen LogP contribution is 2.45. The Morgan fingerprint density at radius 1 is 1.15 bits per heavy atom. The number of ether oxygens (including phenoxy) is 1. The molecular formula is C27H30N4O3. The number of hydrogen-bond donors (Lipinski definition) is 0. The minimum atomic E-state index is -0.392. The fourth-order valence-electron chi connectivity index (χ4n) is 5.39. The van der Waals surface area contributed by atoms with Gasteiger partial charge in [-0.2, -0.15) is 0 Å². The zero-order chi connectivity index (χ0) is 24.0. The molecule has 1 aromatic heterocycles. The highest BCUT2D eigenvalue weighted by Gasteiger charge is 2.41. The maximum atomic E-state index is 11.6. The summed E-state index contributed by atoms with van der Waals surface area (Å²) in [6.45, 7) is 10.3. The van der Waals surface area contributed by atoms with Crippen LogP contribution in [0.1, 0.15) is 41.2 Å². The van der Waals surface area contributed by atoms with E-state index in [-0.39, 0.29) is 10.6 Å². The van der Waals surface area contributed by atoms with E-state index in [2.05, 4.69) is 47.1 Å². The minimum Gasteiger partial charge on any atom is -0.485 e. The molecule has 0 aliphatic carbocycles. The third kappa shape index (κ3) is 3.90. The van der Waals surface area contributed by atoms with Gasteiger partial charge in [-0.3, -0.25) is 15.0 Å². The SMILES string of the molecule is Cc1c(C)c([N+](=O)[O-])c(C)c2c1OC(C)(CN1CC=C(c3ccc(-n4ccnc4)cc3)CC1)C2. The number of hydrogen-bond acceptors (Lipinski definition) is 5. The maximum absolute atomic E-state index is 11.6. The van der Waals surface area contributed by atoms with Crippen molar-refractivity contribution in [3.63, 3.8) is 0 Å². The van der Waals surface area contributed by atoms with E-state index in [0.29, 0.717) is 12.0 Å². The molecule has 0 amide bonds. The van der Waals surface area contributed by atoms with Gasteiger partial charge in [0, 0.05) is 66.4 Å². The van der Waals surface area contributed by atoms with Crippen LogP contribution in [0.15, 0.2) is 49.1 Å². The summed E-state index contributed by atoms with van der Waals surface area (Å²) in [7, 11) is 0. The molecule has 0 saturated carbocycles. The lowest BCUT2D eigenvalue weighted by Gasteiger charge is -2.34. The van der Waals surface area contributed by atoms with E-state index in [1.807, 2.05) is 31.5 Å². The first-order chi connectivity index (χ1) is 16.3. The molecule has 0 fully saturated rings. The van der Waals surface area contributed by atoms with Crippen molar-refractivity contribution in [2.45, 2.75) is 46.1 Å². The van der Waals surface area contributed by atoms with E-state index in [4.69, 9.17) is 4.74 Å². The van der Waals surface area contributed by atoms with Crippen molar-refractivity contribution in [1.29, 1.82) is 0 Å². The lowest BCUT2D eigenvalue weighted by atomic mass is 9.91. The number of imidazole rings is 1. The van der Waals surface area contributed by atoms with Crippen molar-refractivity contribution < 1.29 is 9.66 Å². The van der Waals surface area contributed by atoms with Gasteiger partial charge in [0.2, 0.25) is 0 Å². The average molecular weight is 459 g/mol. The molecule has 0 bridgehead atoms. The van der Waals surface area contributed by atoms with Crippen LogP contribution in [-0.4, -0.2) is 44.6 Å². The molecule has 2 aliphatic heterocycles. The van der Waals surface area contributed by atoms with Crippen molar-refractivity contribution in [2.75, 3.05) is 19.6 Å². The molecule has 0 N–H and O–H groups in total. The average Bonchev–Trinajstić information content (AvgIpc) is 3.47.